The van der Waals surface area contributed by atoms with Gasteiger partial charge in [-0.25, -0.2) is 4.98 Å². The van der Waals surface area contributed by atoms with Gasteiger partial charge in [-0.3, -0.25) is 4.79 Å². The lowest BCUT2D eigenvalue weighted by Crippen LogP contribution is -2.34. The molecule has 18 heavy (non-hydrogen) atoms. The van der Waals surface area contributed by atoms with Crippen LogP contribution < -0.4 is 5.32 Å². The smallest absolute Gasteiger partial charge is 0.254 e. The van der Waals surface area contributed by atoms with Crippen LogP contribution in [0.1, 0.15) is 23.0 Å². The van der Waals surface area contributed by atoms with Gasteiger partial charge in [0.05, 0.1) is 11.8 Å². The number of nitrogens with one attached hydrogen (secondary N) is 1. The van der Waals surface area contributed by atoms with Crippen LogP contribution in [-0.4, -0.2) is 16.9 Å². The standard InChI is InChI=1S/C13H13ClN2O2/c1-9(8-10-4-3-7-18-10)16-13(17)11-5-2-6-15-12(11)14/h2-7,9H,8H2,1H3,(H,16,17). The Bertz CT molecular complexity index is 526. The number of carbonyl (C=O) groups excluding carboxylic acids is 1. The summed E-state index contributed by atoms with van der Waals surface area (Å²) >= 11 is 5.85. The number of pyridine rings is 1. The van der Waals surface area contributed by atoms with Gasteiger partial charge in [-0.15, -0.1) is 0 Å². The van der Waals surface area contributed by atoms with Crippen LogP contribution in [0.2, 0.25) is 5.15 Å². The second-order valence-corrected chi connectivity index (χ2v) is 4.36. The van der Waals surface area contributed by atoms with E-state index in [4.69, 9.17) is 16.0 Å². The number of halogens is 1. The summed E-state index contributed by atoms with van der Waals surface area (Å²) in [6.45, 7) is 1.91. The largest absolute Gasteiger partial charge is 0.469 e. The first-order valence-corrected chi connectivity index (χ1v) is 5.98. The van der Waals surface area contributed by atoms with Gasteiger partial charge < -0.3 is 9.73 Å². The first kappa shape index (κ1) is 12.6. The van der Waals surface area contributed by atoms with Crippen molar-refractivity contribution in [3.63, 3.8) is 0 Å². The molecule has 94 valence electrons. The van der Waals surface area contributed by atoms with Crippen molar-refractivity contribution in [2.45, 2.75) is 19.4 Å². The summed E-state index contributed by atoms with van der Waals surface area (Å²) in [6, 6.07) is 6.98. The number of nitrogens with zero attached hydrogens (tertiary/aromatic N) is 1. The number of aromatic nitrogens is 1. The molecular weight excluding hydrogens is 252 g/mol. The van der Waals surface area contributed by atoms with Gasteiger partial charge in [0, 0.05) is 18.7 Å². The summed E-state index contributed by atoms with van der Waals surface area (Å²) in [5, 5.41) is 3.06. The van der Waals surface area contributed by atoms with E-state index in [2.05, 4.69) is 10.3 Å². The normalized spacial score (nSPS) is 12.1. The Morgan fingerprint density at radius 1 is 1.50 bits per heavy atom. The Balaban J connectivity index is 1.97. The van der Waals surface area contributed by atoms with Crippen LogP contribution in [0.25, 0.3) is 0 Å². The summed E-state index contributed by atoms with van der Waals surface area (Å²) in [5.74, 6) is 0.604. The summed E-state index contributed by atoms with van der Waals surface area (Å²) < 4.78 is 5.23. The molecule has 2 aromatic heterocycles. The van der Waals surface area contributed by atoms with E-state index in [0.29, 0.717) is 12.0 Å². The maximum atomic E-state index is 11.9. The van der Waals surface area contributed by atoms with E-state index in [9.17, 15) is 4.79 Å². The molecule has 0 saturated carbocycles. The van der Waals surface area contributed by atoms with Crippen molar-refractivity contribution in [2.24, 2.45) is 0 Å². The van der Waals surface area contributed by atoms with E-state index in [1.54, 1.807) is 24.6 Å². The third-order valence-electron chi connectivity index (χ3n) is 2.47. The van der Waals surface area contributed by atoms with Crippen LogP contribution in [0.5, 0.6) is 0 Å². The van der Waals surface area contributed by atoms with Crippen LogP contribution in [-0.2, 0) is 6.42 Å². The van der Waals surface area contributed by atoms with E-state index < -0.39 is 0 Å². The lowest BCUT2D eigenvalue weighted by atomic mass is 10.2. The van der Waals surface area contributed by atoms with E-state index in [1.807, 2.05) is 19.1 Å². The average molecular weight is 265 g/mol. The molecule has 0 aliphatic heterocycles. The fourth-order valence-corrected chi connectivity index (χ4v) is 1.84. The third kappa shape index (κ3) is 3.11. The Morgan fingerprint density at radius 3 is 3.00 bits per heavy atom. The topological polar surface area (TPSA) is 55.1 Å². The quantitative estimate of drug-likeness (QED) is 0.864. The molecule has 4 nitrogen and oxygen atoms in total. The predicted octanol–water partition coefficient (Wildman–Crippen LogP) is 2.69. The van der Waals surface area contributed by atoms with E-state index >= 15 is 0 Å². The van der Waals surface area contributed by atoms with Gasteiger partial charge in [0.1, 0.15) is 10.9 Å². The molecule has 0 bridgehead atoms. The van der Waals surface area contributed by atoms with Gasteiger partial charge in [-0.2, -0.15) is 0 Å². The molecule has 0 radical (unpaired) electrons. The van der Waals surface area contributed by atoms with Crippen LogP contribution in [0.3, 0.4) is 0 Å². The minimum absolute atomic E-state index is 0.0417. The van der Waals surface area contributed by atoms with Crippen molar-refractivity contribution in [2.75, 3.05) is 0 Å². The number of hydrogen-bond donors (Lipinski definition) is 1. The van der Waals surface area contributed by atoms with Gasteiger partial charge in [0.2, 0.25) is 0 Å². The third-order valence-corrected chi connectivity index (χ3v) is 2.77. The van der Waals surface area contributed by atoms with Crippen LogP contribution in [0.15, 0.2) is 41.1 Å². The molecule has 0 saturated heterocycles. The lowest BCUT2D eigenvalue weighted by molar-refractivity contribution is 0.0939. The van der Waals surface area contributed by atoms with Gasteiger partial charge >= 0.3 is 0 Å². The van der Waals surface area contributed by atoms with Crippen molar-refractivity contribution in [1.82, 2.24) is 10.3 Å². The Labute approximate surface area is 110 Å². The van der Waals surface area contributed by atoms with Crippen molar-refractivity contribution in [1.29, 1.82) is 0 Å². The Kier molecular flexibility index (Phi) is 3.99. The fourth-order valence-electron chi connectivity index (χ4n) is 1.64. The van der Waals surface area contributed by atoms with Gasteiger partial charge in [0.15, 0.2) is 0 Å². The van der Waals surface area contributed by atoms with Crippen molar-refractivity contribution < 1.29 is 9.21 Å². The second-order valence-electron chi connectivity index (χ2n) is 4.00. The molecular formula is C13H13ClN2O2. The molecule has 1 N–H and O–H groups in total. The monoisotopic (exact) mass is 264 g/mol. The van der Waals surface area contributed by atoms with Gasteiger partial charge in [-0.05, 0) is 31.2 Å². The van der Waals surface area contributed by atoms with E-state index in [1.165, 1.54) is 0 Å². The fraction of sp³-hybridized carbons (Fsp3) is 0.231. The zero-order valence-electron chi connectivity index (χ0n) is 9.89. The molecule has 2 rings (SSSR count). The minimum Gasteiger partial charge on any atom is -0.469 e. The number of furan rings is 1. The number of rotatable bonds is 4. The van der Waals surface area contributed by atoms with Crippen LogP contribution in [0.4, 0.5) is 0 Å². The second kappa shape index (κ2) is 5.69. The highest BCUT2D eigenvalue weighted by Gasteiger charge is 2.14. The molecule has 0 aromatic carbocycles. The zero-order chi connectivity index (χ0) is 13.0. The first-order valence-electron chi connectivity index (χ1n) is 5.60. The summed E-state index contributed by atoms with van der Waals surface area (Å²) in [4.78, 5) is 15.8. The van der Waals surface area contributed by atoms with Gasteiger partial charge in [0.25, 0.3) is 5.91 Å². The molecule has 0 aliphatic rings. The van der Waals surface area contributed by atoms with Crippen LogP contribution >= 0.6 is 11.6 Å². The lowest BCUT2D eigenvalue weighted by Gasteiger charge is -2.12. The molecule has 0 aliphatic carbocycles. The van der Waals surface area contributed by atoms with Crippen LogP contribution in [0, 0.1) is 0 Å². The highest BCUT2D eigenvalue weighted by Crippen LogP contribution is 2.12. The molecule has 2 aromatic rings. The molecule has 1 atom stereocenters. The summed E-state index contributed by atoms with van der Waals surface area (Å²) in [5.41, 5.74) is 0.380. The first-order chi connectivity index (χ1) is 8.66. The maximum Gasteiger partial charge on any atom is 0.254 e. The Morgan fingerprint density at radius 2 is 2.33 bits per heavy atom. The molecule has 2 heterocycles. The molecule has 1 amide bonds. The predicted molar refractivity (Wildman–Crippen MR) is 68.6 cm³/mol. The van der Waals surface area contributed by atoms with Crippen molar-refractivity contribution in [3.8, 4) is 0 Å². The average Bonchev–Trinajstić information content (AvgIpc) is 2.82. The SMILES string of the molecule is CC(Cc1ccco1)NC(=O)c1cccnc1Cl. The molecule has 0 fully saturated rings. The minimum atomic E-state index is -0.229. The van der Waals surface area contributed by atoms with Crippen molar-refractivity contribution >= 4 is 17.5 Å². The van der Waals surface area contributed by atoms with E-state index in [-0.39, 0.29) is 17.1 Å². The molecule has 1 unspecified atom stereocenters. The highest BCUT2D eigenvalue weighted by atomic mass is 35.5. The maximum absolute atomic E-state index is 11.9. The number of carbonyl (C=O) groups is 1. The number of hydrogen-bond acceptors (Lipinski definition) is 3. The van der Waals surface area contributed by atoms with E-state index in [0.717, 1.165) is 5.76 Å². The number of amides is 1. The Hall–Kier alpha value is -1.81. The summed E-state index contributed by atoms with van der Waals surface area (Å²) in [6.07, 6.45) is 3.80. The van der Waals surface area contributed by atoms with Crippen molar-refractivity contribution in [3.05, 3.63) is 53.2 Å². The van der Waals surface area contributed by atoms with Gasteiger partial charge in [-0.1, -0.05) is 11.6 Å². The molecule has 5 heteroatoms. The molecule has 0 spiro atoms. The summed E-state index contributed by atoms with van der Waals surface area (Å²) in [7, 11) is 0. The highest BCUT2D eigenvalue weighted by molar-refractivity contribution is 6.32. The zero-order valence-corrected chi connectivity index (χ0v) is 10.6.